The molecule has 1 saturated heterocycles. The van der Waals surface area contributed by atoms with E-state index >= 15 is 0 Å². The monoisotopic (exact) mass is 311 g/mol. The van der Waals surface area contributed by atoms with Gasteiger partial charge in [0.05, 0.1) is 12.7 Å². The minimum absolute atomic E-state index is 0.00521. The number of hydrogen-bond donors (Lipinski definition) is 1. The molecule has 5 heteroatoms. The molecule has 0 amide bonds. The molecule has 1 aromatic rings. The minimum atomic E-state index is -0.723. The summed E-state index contributed by atoms with van der Waals surface area (Å²) >= 11 is 6.24. The molecule has 1 aliphatic heterocycles. The molecule has 4 nitrogen and oxygen atoms in total. The number of morpholine rings is 1. The first-order valence-electron chi connectivity index (χ1n) is 7.40. The van der Waals surface area contributed by atoms with Crippen LogP contribution in [0.3, 0.4) is 0 Å². The van der Waals surface area contributed by atoms with Crippen LogP contribution in [0.2, 0.25) is 5.02 Å². The van der Waals surface area contributed by atoms with Crippen LogP contribution >= 0.6 is 11.6 Å². The number of benzene rings is 1. The van der Waals surface area contributed by atoms with E-state index in [0.29, 0.717) is 12.6 Å². The quantitative estimate of drug-likeness (QED) is 0.818. The fourth-order valence-electron chi connectivity index (χ4n) is 2.63. The Bertz CT molecular complexity index is 480. The summed E-state index contributed by atoms with van der Waals surface area (Å²) in [6.07, 6.45) is 1.85. The smallest absolute Gasteiger partial charge is 0.303 e. The molecule has 0 spiro atoms. The predicted octanol–water partition coefficient (Wildman–Crippen LogP) is 3.36. The molecule has 0 saturated carbocycles. The maximum absolute atomic E-state index is 10.5. The van der Waals surface area contributed by atoms with Gasteiger partial charge in [0.1, 0.15) is 0 Å². The van der Waals surface area contributed by atoms with E-state index < -0.39 is 5.97 Å². The zero-order chi connectivity index (χ0) is 15.2. The Kier molecular flexibility index (Phi) is 6.03. The van der Waals surface area contributed by atoms with Crippen LogP contribution in [0.25, 0.3) is 0 Å². The molecule has 1 N–H and O–H groups in total. The summed E-state index contributed by atoms with van der Waals surface area (Å²) < 4.78 is 5.91. The standard InChI is InChI=1S/C16H22ClNO3/c1-12-11-21-15(13-6-2-3-7-14(13)17)10-18(12)9-5-4-8-16(19)20/h2-3,6-7,12,15H,4-5,8-11H2,1H3,(H,19,20). The average molecular weight is 312 g/mol. The summed E-state index contributed by atoms with van der Waals surface area (Å²) in [4.78, 5) is 12.9. The number of carboxylic acids is 1. The van der Waals surface area contributed by atoms with Crippen molar-refractivity contribution in [1.82, 2.24) is 4.90 Å². The van der Waals surface area contributed by atoms with E-state index in [1.54, 1.807) is 0 Å². The van der Waals surface area contributed by atoms with Gasteiger partial charge in [-0.1, -0.05) is 29.8 Å². The SMILES string of the molecule is CC1COC(c2ccccc2Cl)CN1CCCCC(=O)O. The molecule has 2 atom stereocenters. The van der Waals surface area contributed by atoms with Crippen LogP contribution in [0.15, 0.2) is 24.3 Å². The van der Waals surface area contributed by atoms with Gasteiger partial charge in [-0.05, 0) is 32.4 Å². The highest BCUT2D eigenvalue weighted by molar-refractivity contribution is 6.31. The Morgan fingerprint density at radius 2 is 2.19 bits per heavy atom. The lowest BCUT2D eigenvalue weighted by Crippen LogP contribution is -2.45. The van der Waals surface area contributed by atoms with E-state index in [1.165, 1.54) is 0 Å². The zero-order valence-corrected chi connectivity index (χ0v) is 13.1. The maximum Gasteiger partial charge on any atom is 0.303 e. The number of nitrogens with zero attached hydrogens (tertiary/aromatic N) is 1. The molecule has 1 fully saturated rings. The summed E-state index contributed by atoms with van der Waals surface area (Å²) in [5, 5.41) is 9.41. The van der Waals surface area contributed by atoms with Crippen LogP contribution in [-0.2, 0) is 9.53 Å². The van der Waals surface area contributed by atoms with Crippen molar-refractivity contribution in [2.45, 2.75) is 38.3 Å². The summed E-state index contributed by atoms with van der Waals surface area (Å²) in [6.45, 7) is 4.52. The van der Waals surface area contributed by atoms with Gasteiger partial charge in [-0.25, -0.2) is 0 Å². The van der Waals surface area contributed by atoms with Crippen molar-refractivity contribution in [3.8, 4) is 0 Å². The first-order chi connectivity index (χ1) is 10.1. The molecule has 0 aliphatic carbocycles. The van der Waals surface area contributed by atoms with Gasteiger partial charge in [0, 0.05) is 29.6 Å². The van der Waals surface area contributed by atoms with Gasteiger partial charge >= 0.3 is 5.97 Å². The number of carboxylic acid groups (broad SMARTS) is 1. The van der Waals surface area contributed by atoms with Crippen LogP contribution in [0, 0.1) is 0 Å². The van der Waals surface area contributed by atoms with E-state index in [9.17, 15) is 4.79 Å². The first-order valence-corrected chi connectivity index (χ1v) is 7.77. The normalized spacial score (nSPS) is 23.1. The molecule has 0 aromatic heterocycles. The number of rotatable bonds is 6. The Hall–Kier alpha value is -1.10. The summed E-state index contributed by atoms with van der Waals surface area (Å²) in [6, 6.07) is 8.13. The second-order valence-electron chi connectivity index (χ2n) is 5.54. The predicted molar refractivity (Wildman–Crippen MR) is 82.7 cm³/mol. The molecule has 2 rings (SSSR count). The van der Waals surface area contributed by atoms with Gasteiger partial charge in [-0.15, -0.1) is 0 Å². The Balaban J connectivity index is 1.90. The molecule has 0 radical (unpaired) electrons. The van der Waals surface area contributed by atoms with Crippen molar-refractivity contribution in [3.05, 3.63) is 34.9 Å². The second-order valence-corrected chi connectivity index (χ2v) is 5.95. The highest BCUT2D eigenvalue weighted by Gasteiger charge is 2.27. The van der Waals surface area contributed by atoms with Gasteiger partial charge in [0.25, 0.3) is 0 Å². The molecule has 21 heavy (non-hydrogen) atoms. The molecular weight excluding hydrogens is 290 g/mol. The van der Waals surface area contributed by atoms with Crippen molar-refractivity contribution in [2.75, 3.05) is 19.7 Å². The maximum atomic E-state index is 10.5. The van der Waals surface area contributed by atoms with Crippen molar-refractivity contribution < 1.29 is 14.6 Å². The third kappa shape index (κ3) is 4.70. The van der Waals surface area contributed by atoms with Crippen molar-refractivity contribution in [1.29, 1.82) is 0 Å². The van der Waals surface area contributed by atoms with E-state index in [0.717, 1.165) is 36.5 Å². The zero-order valence-electron chi connectivity index (χ0n) is 12.3. The lowest BCUT2D eigenvalue weighted by molar-refractivity contribution is -0.137. The number of hydrogen-bond acceptors (Lipinski definition) is 3. The molecule has 1 heterocycles. The number of halogens is 1. The third-order valence-electron chi connectivity index (χ3n) is 3.90. The first kappa shape index (κ1) is 16.3. The second kappa shape index (κ2) is 7.78. The summed E-state index contributed by atoms with van der Waals surface area (Å²) in [5.74, 6) is -0.723. The largest absolute Gasteiger partial charge is 0.481 e. The van der Waals surface area contributed by atoms with Crippen LogP contribution in [0.4, 0.5) is 0 Å². The van der Waals surface area contributed by atoms with Crippen molar-refractivity contribution >= 4 is 17.6 Å². The fraction of sp³-hybridized carbons (Fsp3) is 0.562. The highest BCUT2D eigenvalue weighted by atomic mass is 35.5. The molecule has 0 bridgehead atoms. The van der Waals surface area contributed by atoms with Gasteiger partial charge in [-0.3, -0.25) is 9.69 Å². The fourth-order valence-corrected chi connectivity index (χ4v) is 2.89. The minimum Gasteiger partial charge on any atom is -0.481 e. The lowest BCUT2D eigenvalue weighted by atomic mass is 10.1. The summed E-state index contributed by atoms with van der Waals surface area (Å²) in [5.41, 5.74) is 1.03. The van der Waals surface area contributed by atoms with Gasteiger partial charge in [-0.2, -0.15) is 0 Å². The van der Waals surface area contributed by atoms with E-state index in [2.05, 4.69) is 11.8 Å². The van der Waals surface area contributed by atoms with Crippen LogP contribution < -0.4 is 0 Å². The van der Waals surface area contributed by atoms with E-state index in [-0.39, 0.29) is 12.5 Å². The molecule has 1 aliphatic rings. The Morgan fingerprint density at radius 3 is 2.90 bits per heavy atom. The highest BCUT2D eigenvalue weighted by Crippen LogP contribution is 2.29. The molecule has 2 unspecified atom stereocenters. The number of aliphatic carboxylic acids is 1. The van der Waals surface area contributed by atoms with Crippen LogP contribution in [0.5, 0.6) is 0 Å². The third-order valence-corrected chi connectivity index (χ3v) is 4.24. The van der Waals surface area contributed by atoms with Crippen LogP contribution in [-0.4, -0.2) is 41.7 Å². The molecular formula is C16H22ClNO3. The number of carbonyl (C=O) groups is 1. The molecule has 1 aromatic carbocycles. The Morgan fingerprint density at radius 1 is 1.43 bits per heavy atom. The topological polar surface area (TPSA) is 49.8 Å². The average Bonchev–Trinajstić information content (AvgIpc) is 2.46. The van der Waals surface area contributed by atoms with E-state index in [1.807, 2.05) is 24.3 Å². The number of unbranched alkanes of at least 4 members (excludes halogenated alkanes) is 1. The van der Waals surface area contributed by atoms with Gasteiger partial charge < -0.3 is 9.84 Å². The summed E-state index contributed by atoms with van der Waals surface area (Å²) in [7, 11) is 0. The molecule has 116 valence electrons. The van der Waals surface area contributed by atoms with Crippen molar-refractivity contribution in [2.24, 2.45) is 0 Å². The van der Waals surface area contributed by atoms with Crippen LogP contribution in [0.1, 0.15) is 37.9 Å². The van der Waals surface area contributed by atoms with Gasteiger partial charge in [0.2, 0.25) is 0 Å². The van der Waals surface area contributed by atoms with Crippen molar-refractivity contribution in [3.63, 3.8) is 0 Å². The number of ether oxygens (including phenoxy) is 1. The van der Waals surface area contributed by atoms with E-state index in [4.69, 9.17) is 21.4 Å². The van der Waals surface area contributed by atoms with Gasteiger partial charge in [0.15, 0.2) is 0 Å². The lowest BCUT2D eigenvalue weighted by Gasteiger charge is -2.38. The Labute approximate surface area is 130 Å².